The zero-order valence-electron chi connectivity index (χ0n) is 16.1. The number of sulfonamides is 1. The van der Waals surface area contributed by atoms with E-state index in [-0.39, 0.29) is 23.4 Å². The van der Waals surface area contributed by atoms with Crippen LogP contribution in [0.25, 0.3) is 21.8 Å². The van der Waals surface area contributed by atoms with Gasteiger partial charge in [-0.25, -0.2) is 8.42 Å². The highest BCUT2D eigenvalue weighted by Gasteiger charge is 2.21. The van der Waals surface area contributed by atoms with Crippen LogP contribution in [0.2, 0.25) is 0 Å². The van der Waals surface area contributed by atoms with Crippen LogP contribution in [0.5, 0.6) is 0 Å². The van der Waals surface area contributed by atoms with Gasteiger partial charge in [-0.05, 0) is 30.7 Å². The van der Waals surface area contributed by atoms with Crippen LogP contribution in [0.15, 0.2) is 40.2 Å². The quantitative estimate of drug-likeness (QED) is 0.560. The Kier molecular flexibility index (Phi) is 7.14. The van der Waals surface area contributed by atoms with Gasteiger partial charge in [-0.1, -0.05) is 6.92 Å². The summed E-state index contributed by atoms with van der Waals surface area (Å²) in [6.07, 6.45) is 2.79. The maximum Gasteiger partial charge on any atom is 0.303 e. The van der Waals surface area contributed by atoms with Gasteiger partial charge in [0.05, 0.1) is 11.0 Å². The highest BCUT2D eigenvalue weighted by molar-refractivity contribution is 7.89. The molecule has 3 aromatic rings. The van der Waals surface area contributed by atoms with Crippen LogP contribution in [-0.4, -0.2) is 47.4 Å². The molecule has 0 aliphatic rings. The lowest BCUT2D eigenvalue weighted by atomic mass is 10.1. The van der Waals surface area contributed by atoms with Crippen molar-refractivity contribution in [2.24, 2.45) is 0 Å². The molecule has 3 N–H and O–H groups in total. The van der Waals surface area contributed by atoms with Crippen LogP contribution >= 0.6 is 0 Å². The minimum atomic E-state index is -3.68. The molecule has 10 heteroatoms. The number of rotatable bonds is 6. The maximum atomic E-state index is 12.6. The van der Waals surface area contributed by atoms with Crippen molar-refractivity contribution in [1.82, 2.24) is 14.3 Å². The van der Waals surface area contributed by atoms with E-state index in [0.717, 1.165) is 10.7 Å². The second kappa shape index (κ2) is 9.36. The Balaban J connectivity index is 0.000000438. The van der Waals surface area contributed by atoms with Gasteiger partial charge in [0.1, 0.15) is 5.52 Å². The highest BCUT2D eigenvalue weighted by atomic mass is 32.2. The van der Waals surface area contributed by atoms with Crippen LogP contribution in [0.1, 0.15) is 26.2 Å². The molecule has 154 valence electrons. The molecule has 0 amide bonds. The smallest absolute Gasteiger partial charge is 0.303 e. The molecule has 1 aromatic carbocycles. The molecule has 0 spiro atoms. The maximum absolute atomic E-state index is 12.6. The van der Waals surface area contributed by atoms with Crippen LogP contribution in [0.3, 0.4) is 0 Å². The Hall–Kier alpha value is -3.16. The van der Waals surface area contributed by atoms with E-state index >= 15 is 0 Å². The molecule has 0 fully saturated rings. The lowest BCUT2D eigenvalue weighted by Gasteiger charge is -2.16. The lowest BCUT2D eigenvalue weighted by molar-refractivity contribution is -0.137. The number of aromatic amines is 2. The summed E-state index contributed by atoms with van der Waals surface area (Å²) in [7, 11) is -2.24. The van der Waals surface area contributed by atoms with Crippen molar-refractivity contribution in [2.45, 2.75) is 31.1 Å². The van der Waals surface area contributed by atoms with E-state index in [4.69, 9.17) is 10.4 Å². The minimum absolute atomic E-state index is 0.124. The van der Waals surface area contributed by atoms with Crippen molar-refractivity contribution in [3.63, 3.8) is 0 Å². The minimum Gasteiger partial charge on any atom is -0.481 e. The number of carbonyl (C=O) groups is 1. The van der Waals surface area contributed by atoms with Gasteiger partial charge in [0.2, 0.25) is 10.0 Å². The third kappa shape index (κ3) is 5.01. The SMILES string of the molecule is CCCC(=O)O.CN(CCC#N)S(=O)(=O)c1ccc2[nH]c(=O)c3[nH]ccc3c2c1. The molecule has 0 unspecified atom stereocenters. The first-order valence-corrected chi connectivity index (χ1v) is 10.3. The van der Waals surface area contributed by atoms with Gasteiger partial charge < -0.3 is 15.1 Å². The summed E-state index contributed by atoms with van der Waals surface area (Å²) in [5, 5.41) is 17.8. The number of hydrogen-bond acceptors (Lipinski definition) is 5. The van der Waals surface area contributed by atoms with Crippen LogP contribution in [-0.2, 0) is 14.8 Å². The van der Waals surface area contributed by atoms with E-state index in [1.54, 1.807) is 24.4 Å². The average molecular weight is 418 g/mol. The zero-order chi connectivity index (χ0) is 21.6. The largest absolute Gasteiger partial charge is 0.481 e. The van der Waals surface area contributed by atoms with E-state index in [1.807, 2.05) is 13.0 Å². The molecular formula is C19H22N4O5S. The number of nitrogens with zero attached hydrogens (tertiary/aromatic N) is 2. The number of carboxylic acids is 1. The summed E-state index contributed by atoms with van der Waals surface area (Å²) in [5.41, 5.74) is 0.727. The summed E-state index contributed by atoms with van der Waals surface area (Å²) in [5.74, 6) is -0.711. The van der Waals surface area contributed by atoms with Gasteiger partial charge >= 0.3 is 5.97 Å². The van der Waals surface area contributed by atoms with Crippen LogP contribution in [0, 0.1) is 11.3 Å². The number of aliphatic carboxylic acids is 1. The first-order chi connectivity index (χ1) is 13.7. The normalized spacial score (nSPS) is 11.2. The summed E-state index contributed by atoms with van der Waals surface area (Å²) < 4.78 is 26.3. The number of nitriles is 1. The molecular weight excluding hydrogens is 396 g/mol. The molecule has 9 nitrogen and oxygen atoms in total. The van der Waals surface area contributed by atoms with Gasteiger partial charge in [0.15, 0.2) is 0 Å². The second-order valence-corrected chi connectivity index (χ2v) is 8.35. The van der Waals surface area contributed by atoms with Gasteiger partial charge in [-0.2, -0.15) is 9.57 Å². The Morgan fingerprint density at radius 3 is 2.59 bits per heavy atom. The number of H-pyrrole nitrogens is 2. The van der Waals surface area contributed by atoms with Crippen LogP contribution < -0.4 is 5.56 Å². The fraction of sp³-hybridized carbons (Fsp3) is 0.316. The monoisotopic (exact) mass is 418 g/mol. The number of carboxylic acid groups (broad SMARTS) is 1. The Morgan fingerprint density at radius 2 is 2.00 bits per heavy atom. The third-order valence-corrected chi connectivity index (χ3v) is 6.07. The van der Waals surface area contributed by atoms with Gasteiger partial charge in [-0.3, -0.25) is 9.59 Å². The predicted molar refractivity (Wildman–Crippen MR) is 109 cm³/mol. The third-order valence-electron chi connectivity index (χ3n) is 4.21. The number of pyridine rings is 1. The first-order valence-electron chi connectivity index (χ1n) is 8.90. The van der Waals surface area contributed by atoms with Gasteiger partial charge in [-0.15, -0.1) is 0 Å². The Bertz CT molecular complexity index is 1220. The number of fused-ring (bicyclic) bond motifs is 3. The molecule has 0 aliphatic heterocycles. The standard InChI is InChI=1S/C15H14N4O3S.C4H8O2/c1-19(8-2-6-16)23(21,22)10-3-4-13-12(9-10)11-5-7-17-14(11)15(20)18-13;1-2-3-4(5)6/h3-5,7,9,17H,2,8H2,1H3,(H,18,20);2-3H2,1H3,(H,5,6). The van der Waals surface area contributed by atoms with Gasteiger partial charge in [0, 0.05) is 48.9 Å². The Morgan fingerprint density at radius 1 is 1.28 bits per heavy atom. The van der Waals surface area contributed by atoms with Crippen molar-refractivity contribution < 1.29 is 18.3 Å². The van der Waals surface area contributed by atoms with E-state index < -0.39 is 16.0 Å². The van der Waals surface area contributed by atoms with Crippen molar-refractivity contribution >= 4 is 37.8 Å². The lowest BCUT2D eigenvalue weighted by Crippen LogP contribution is -2.27. The van der Waals surface area contributed by atoms with Crippen molar-refractivity contribution in [2.75, 3.05) is 13.6 Å². The zero-order valence-corrected chi connectivity index (χ0v) is 16.9. The summed E-state index contributed by atoms with van der Waals surface area (Å²) in [6.45, 7) is 1.97. The molecule has 0 aliphatic carbocycles. The van der Waals surface area contributed by atoms with Gasteiger partial charge in [0.25, 0.3) is 5.56 Å². The highest BCUT2D eigenvalue weighted by Crippen LogP contribution is 2.25. The average Bonchev–Trinajstić information content (AvgIpc) is 3.17. The number of aromatic nitrogens is 2. The van der Waals surface area contributed by atoms with E-state index in [2.05, 4.69) is 9.97 Å². The molecule has 0 radical (unpaired) electrons. The predicted octanol–water partition coefficient (Wildman–Crippen LogP) is 2.41. The number of nitrogens with one attached hydrogen (secondary N) is 2. The molecule has 0 saturated carbocycles. The fourth-order valence-corrected chi connectivity index (χ4v) is 3.90. The summed E-state index contributed by atoms with van der Waals surface area (Å²) in [6, 6.07) is 8.24. The number of benzene rings is 1. The summed E-state index contributed by atoms with van der Waals surface area (Å²) >= 11 is 0. The number of hydrogen-bond donors (Lipinski definition) is 3. The molecule has 3 rings (SSSR count). The first kappa shape index (κ1) is 22.1. The molecule has 0 bridgehead atoms. The summed E-state index contributed by atoms with van der Waals surface area (Å²) in [4.78, 5) is 27.2. The molecule has 0 atom stereocenters. The van der Waals surface area contributed by atoms with Crippen molar-refractivity contribution in [3.05, 3.63) is 40.8 Å². The van der Waals surface area contributed by atoms with E-state index in [1.165, 1.54) is 13.1 Å². The Labute approximate surface area is 167 Å². The van der Waals surface area contributed by atoms with E-state index in [9.17, 15) is 18.0 Å². The molecule has 29 heavy (non-hydrogen) atoms. The second-order valence-electron chi connectivity index (χ2n) is 6.31. The van der Waals surface area contributed by atoms with E-state index in [0.29, 0.717) is 28.2 Å². The molecule has 0 saturated heterocycles. The topological polar surface area (TPSA) is 147 Å². The molecule has 2 aromatic heterocycles. The van der Waals surface area contributed by atoms with Crippen molar-refractivity contribution in [3.8, 4) is 6.07 Å². The molecule has 2 heterocycles. The van der Waals surface area contributed by atoms with Crippen molar-refractivity contribution in [1.29, 1.82) is 5.26 Å². The van der Waals surface area contributed by atoms with Crippen LogP contribution in [0.4, 0.5) is 0 Å². The fourth-order valence-electron chi connectivity index (χ4n) is 2.70.